The molecule has 1 saturated heterocycles. The number of amides is 1. The van der Waals surface area contributed by atoms with E-state index >= 15 is 0 Å². The van der Waals surface area contributed by atoms with Crippen molar-refractivity contribution in [3.05, 3.63) is 17.0 Å². The summed E-state index contributed by atoms with van der Waals surface area (Å²) < 4.78 is 27.0. The topological polar surface area (TPSA) is 78.5 Å². The van der Waals surface area contributed by atoms with Crippen molar-refractivity contribution in [1.82, 2.24) is 14.9 Å². The Labute approximate surface area is 123 Å². The van der Waals surface area contributed by atoms with Gasteiger partial charge in [0, 0.05) is 37.5 Å². The maximum Gasteiger partial charge on any atom is 0.252 e. The summed E-state index contributed by atoms with van der Waals surface area (Å²) in [6.07, 6.45) is 0. The van der Waals surface area contributed by atoms with E-state index in [0.29, 0.717) is 30.4 Å². The van der Waals surface area contributed by atoms with Gasteiger partial charge < -0.3 is 10.6 Å². The molecule has 0 aliphatic carbocycles. The molecule has 6 nitrogen and oxygen atoms in total. The van der Waals surface area contributed by atoms with Crippen molar-refractivity contribution in [2.24, 2.45) is 0 Å². The van der Waals surface area contributed by atoms with Crippen molar-refractivity contribution >= 4 is 27.3 Å². The first-order valence-electron chi connectivity index (χ1n) is 6.47. The molecule has 2 N–H and O–H groups in total. The minimum Gasteiger partial charge on any atom is -0.351 e. The lowest BCUT2D eigenvalue weighted by Gasteiger charge is -2.32. The van der Waals surface area contributed by atoms with Crippen LogP contribution in [0.3, 0.4) is 0 Å². The Kier molecular flexibility index (Phi) is 4.79. The monoisotopic (exact) mass is 317 g/mol. The van der Waals surface area contributed by atoms with E-state index in [1.54, 1.807) is 12.1 Å². The Bertz CT molecular complexity index is 583. The number of nitrogens with one attached hydrogen (secondary N) is 2. The van der Waals surface area contributed by atoms with Crippen LogP contribution >= 0.6 is 11.3 Å². The van der Waals surface area contributed by atoms with Gasteiger partial charge in [-0.1, -0.05) is 0 Å². The van der Waals surface area contributed by atoms with Crippen LogP contribution in [0.25, 0.3) is 0 Å². The average Bonchev–Trinajstić information content (AvgIpc) is 2.86. The highest BCUT2D eigenvalue weighted by atomic mass is 32.2. The summed E-state index contributed by atoms with van der Waals surface area (Å²) in [6.45, 7) is 5.54. The zero-order valence-corrected chi connectivity index (χ0v) is 13.2. The summed E-state index contributed by atoms with van der Waals surface area (Å²) in [6, 6.07) is 3.32. The Balaban J connectivity index is 2.15. The molecule has 1 aromatic rings. The first-order chi connectivity index (χ1) is 9.41. The minimum absolute atomic E-state index is 0.0466. The number of nitrogens with zero attached hydrogens (tertiary/aromatic N) is 1. The molecule has 20 heavy (non-hydrogen) atoms. The third-order valence-corrected chi connectivity index (χ3v) is 6.72. The SMILES string of the molecule is CC(=O)NCc1ccc(S(=O)(=O)N2CCNC[C@@H]2C)s1. The molecule has 0 spiro atoms. The molecule has 1 fully saturated rings. The minimum atomic E-state index is -3.43. The Morgan fingerprint density at radius 3 is 2.95 bits per heavy atom. The molecular formula is C12H19N3O3S2. The maximum atomic E-state index is 12.6. The molecule has 8 heteroatoms. The zero-order valence-electron chi connectivity index (χ0n) is 11.5. The number of thiophene rings is 1. The molecule has 2 heterocycles. The highest BCUT2D eigenvalue weighted by Gasteiger charge is 2.31. The van der Waals surface area contributed by atoms with Gasteiger partial charge >= 0.3 is 0 Å². The quantitative estimate of drug-likeness (QED) is 0.841. The number of piperazine rings is 1. The number of hydrogen-bond acceptors (Lipinski definition) is 5. The number of carbonyl (C=O) groups excluding carboxylic acids is 1. The molecule has 1 aliphatic rings. The smallest absolute Gasteiger partial charge is 0.252 e. The molecule has 2 rings (SSSR count). The van der Waals surface area contributed by atoms with E-state index in [0.717, 1.165) is 4.88 Å². The van der Waals surface area contributed by atoms with E-state index in [-0.39, 0.29) is 11.9 Å². The third-order valence-electron chi connectivity index (χ3n) is 3.15. The van der Waals surface area contributed by atoms with Crippen LogP contribution in [0.4, 0.5) is 0 Å². The van der Waals surface area contributed by atoms with E-state index in [1.165, 1.54) is 22.6 Å². The van der Waals surface area contributed by atoms with E-state index in [9.17, 15) is 13.2 Å². The van der Waals surface area contributed by atoms with Crippen molar-refractivity contribution in [2.75, 3.05) is 19.6 Å². The number of sulfonamides is 1. The second-order valence-corrected chi connectivity index (χ2v) is 8.09. The van der Waals surface area contributed by atoms with Crippen LogP contribution < -0.4 is 10.6 Å². The largest absolute Gasteiger partial charge is 0.351 e. The molecule has 0 radical (unpaired) electrons. The Morgan fingerprint density at radius 1 is 1.55 bits per heavy atom. The summed E-state index contributed by atoms with van der Waals surface area (Å²) in [7, 11) is -3.43. The summed E-state index contributed by atoms with van der Waals surface area (Å²) in [5.41, 5.74) is 0. The summed E-state index contributed by atoms with van der Waals surface area (Å²) in [5.74, 6) is -0.126. The lowest BCUT2D eigenvalue weighted by atomic mass is 10.3. The lowest BCUT2D eigenvalue weighted by Crippen LogP contribution is -2.51. The van der Waals surface area contributed by atoms with Crippen molar-refractivity contribution in [3.63, 3.8) is 0 Å². The van der Waals surface area contributed by atoms with Gasteiger partial charge in [-0.05, 0) is 19.1 Å². The molecule has 1 atom stereocenters. The van der Waals surface area contributed by atoms with Gasteiger partial charge in [0.05, 0.1) is 6.54 Å². The van der Waals surface area contributed by atoms with Crippen LogP contribution in [-0.4, -0.2) is 44.3 Å². The molecular weight excluding hydrogens is 298 g/mol. The summed E-state index contributed by atoms with van der Waals surface area (Å²) in [4.78, 5) is 11.7. The first kappa shape index (κ1) is 15.4. The Morgan fingerprint density at radius 2 is 2.30 bits per heavy atom. The first-order valence-corrected chi connectivity index (χ1v) is 8.72. The van der Waals surface area contributed by atoms with E-state index in [4.69, 9.17) is 0 Å². The Hall–Kier alpha value is -0.960. The van der Waals surface area contributed by atoms with E-state index in [1.807, 2.05) is 6.92 Å². The lowest BCUT2D eigenvalue weighted by molar-refractivity contribution is -0.119. The molecule has 0 saturated carbocycles. The average molecular weight is 317 g/mol. The van der Waals surface area contributed by atoms with Crippen molar-refractivity contribution < 1.29 is 13.2 Å². The summed E-state index contributed by atoms with van der Waals surface area (Å²) in [5, 5.41) is 5.84. The highest BCUT2D eigenvalue weighted by Crippen LogP contribution is 2.26. The molecule has 1 amide bonds. The highest BCUT2D eigenvalue weighted by molar-refractivity contribution is 7.91. The van der Waals surface area contributed by atoms with Gasteiger partial charge in [-0.15, -0.1) is 11.3 Å². The van der Waals surface area contributed by atoms with E-state index < -0.39 is 10.0 Å². The van der Waals surface area contributed by atoms with Crippen LogP contribution in [0, 0.1) is 0 Å². The molecule has 0 aromatic carbocycles. The molecule has 0 unspecified atom stereocenters. The van der Waals surface area contributed by atoms with Crippen LogP contribution in [-0.2, 0) is 21.4 Å². The van der Waals surface area contributed by atoms with Gasteiger partial charge in [0.25, 0.3) is 10.0 Å². The van der Waals surface area contributed by atoms with Crippen molar-refractivity contribution in [3.8, 4) is 0 Å². The number of carbonyl (C=O) groups is 1. The molecule has 112 valence electrons. The third kappa shape index (κ3) is 3.38. The normalized spacial score (nSPS) is 20.8. The molecule has 0 bridgehead atoms. The van der Waals surface area contributed by atoms with Crippen LogP contribution in [0.2, 0.25) is 0 Å². The maximum absolute atomic E-state index is 12.6. The van der Waals surface area contributed by atoms with Gasteiger partial charge in [0.15, 0.2) is 0 Å². The fourth-order valence-corrected chi connectivity index (χ4v) is 5.15. The second kappa shape index (κ2) is 6.21. The molecule has 1 aromatic heterocycles. The second-order valence-electron chi connectivity index (χ2n) is 4.80. The zero-order chi connectivity index (χ0) is 14.8. The molecule has 1 aliphatic heterocycles. The fraction of sp³-hybridized carbons (Fsp3) is 0.583. The van der Waals surface area contributed by atoms with Crippen molar-refractivity contribution in [1.29, 1.82) is 0 Å². The van der Waals surface area contributed by atoms with Crippen LogP contribution in [0.5, 0.6) is 0 Å². The van der Waals surface area contributed by atoms with Crippen molar-refractivity contribution in [2.45, 2.75) is 30.6 Å². The summed E-state index contributed by atoms with van der Waals surface area (Å²) >= 11 is 1.21. The van der Waals surface area contributed by atoms with Gasteiger partial charge in [-0.2, -0.15) is 4.31 Å². The fourth-order valence-electron chi connectivity index (χ4n) is 2.10. The van der Waals surface area contributed by atoms with Gasteiger partial charge in [0.2, 0.25) is 5.91 Å². The number of hydrogen-bond donors (Lipinski definition) is 2. The van der Waals surface area contributed by atoms with Gasteiger partial charge in [0.1, 0.15) is 4.21 Å². The van der Waals surface area contributed by atoms with Crippen LogP contribution in [0.15, 0.2) is 16.3 Å². The standard InChI is InChI=1S/C12H19N3O3S2/c1-9-7-13-5-6-15(9)20(17,18)12-4-3-11(19-12)8-14-10(2)16/h3-4,9,13H,5-8H2,1-2H3,(H,14,16)/t9-/m0/s1. The van der Waals surface area contributed by atoms with Crippen LogP contribution in [0.1, 0.15) is 18.7 Å². The predicted octanol–water partition coefficient (Wildman–Crippen LogP) is 0.367. The predicted molar refractivity (Wildman–Crippen MR) is 78.1 cm³/mol. The van der Waals surface area contributed by atoms with E-state index in [2.05, 4.69) is 10.6 Å². The van der Waals surface area contributed by atoms with Gasteiger partial charge in [-0.3, -0.25) is 4.79 Å². The number of rotatable bonds is 4. The van der Waals surface area contributed by atoms with Gasteiger partial charge in [-0.25, -0.2) is 8.42 Å².